The molecule has 1 amide bonds. The van der Waals surface area contributed by atoms with Gasteiger partial charge in [-0.3, -0.25) is 4.79 Å². The summed E-state index contributed by atoms with van der Waals surface area (Å²) in [6, 6.07) is 9.69. The highest BCUT2D eigenvalue weighted by atomic mass is 16.5. The summed E-state index contributed by atoms with van der Waals surface area (Å²) >= 11 is 0. The van der Waals surface area contributed by atoms with Gasteiger partial charge in [-0.05, 0) is 22.2 Å². The van der Waals surface area contributed by atoms with Gasteiger partial charge in [-0.25, -0.2) is 4.79 Å². The van der Waals surface area contributed by atoms with Crippen LogP contribution in [0, 0.1) is 0 Å². The molecule has 28 heavy (non-hydrogen) atoms. The van der Waals surface area contributed by atoms with Crippen molar-refractivity contribution >= 4 is 17.6 Å². The molecular weight excluding hydrogens is 362 g/mol. The molecule has 0 aliphatic carbocycles. The van der Waals surface area contributed by atoms with Crippen molar-refractivity contribution < 1.29 is 24.0 Å². The van der Waals surface area contributed by atoms with E-state index in [4.69, 9.17) is 14.4 Å². The molecule has 0 bridgehead atoms. The lowest BCUT2D eigenvalue weighted by molar-refractivity contribution is -0.139. The first kappa shape index (κ1) is 19.7. The summed E-state index contributed by atoms with van der Waals surface area (Å²) in [5, 5.41) is 12.2. The number of piperazine rings is 1. The zero-order valence-corrected chi connectivity index (χ0v) is 16.3. The highest BCUT2D eigenvalue weighted by Crippen LogP contribution is 2.32. The average Bonchev–Trinajstić information content (AvgIpc) is 3.14. The van der Waals surface area contributed by atoms with Crippen molar-refractivity contribution in [3.63, 3.8) is 0 Å². The zero-order chi connectivity index (χ0) is 20.3. The third kappa shape index (κ3) is 4.44. The van der Waals surface area contributed by atoms with E-state index in [0.29, 0.717) is 13.1 Å². The van der Waals surface area contributed by atoms with Gasteiger partial charge in [0, 0.05) is 31.9 Å². The number of carboxylic acid groups (broad SMARTS) is 1. The second-order valence-electron chi connectivity index (χ2n) is 7.76. The minimum atomic E-state index is -1.12. The number of aromatic nitrogens is 1. The molecule has 0 unspecified atom stereocenters. The molecule has 1 aliphatic rings. The lowest BCUT2D eigenvalue weighted by Crippen LogP contribution is -2.49. The third-order valence-corrected chi connectivity index (χ3v) is 4.66. The molecule has 0 atom stereocenters. The highest BCUT2D eigenvalue weighted by Gasteiger charge is 2.28. The number of hydrogen-bond acceptors (Lipinski definition) is 6. The molecule has 8 nitrogen and oxygen atoms in total. The van der Waals surface area contributed by atoms with Gasteiger partial charge in [0.25, 0.3) is 11.8 Å². The molecule has 1 aromatic carbocycles. The Morgan fingerprint density at radius 3 is 2.50 bits per heavy atom. The number of benzene rings is 1. The van der Waals surface area contributed by atoms with E-state index >= 15 is 0 Å². The van der Waals surface area contributed by atoms with Crippen LogP contribution in [0.25, 0.3) is 0 Å². The smallest absolute Gasteiger partial charge is 0.341 e. The van der Waals surface area contributed by atoms with E-state index in [1.54, 1.807) is 4.90 Å². The van der Waals surface area contributed by atoms with Crippen LogP contribution in [0.1, 0.15) is 36.9 Å². The Morgan fingerprint density at radius 1 is 1.18 bits per heavy atom. The quantitative estimate of drug-likeness (QED) is 0.841. The van der Waals surface area contributed by atoms with Gasteiger partial charge in [-0.2, -0.15) is 0 Å². The number of anilines is 1. The molecule has 2 heterocycles. The van der Waals surface area contributed by atoms with Gasteiger partial charge in [-0.1, -0.05) is 39.0 Å². The standard InChI is InChI=1S/C20H25N3O5/c1-20(2,3)14-6-4-5-7-15(14)22-8-10-23(11-9-22)19(26)16-12-17(21-28-16)27-13-18(24)25/h4-7,12H,8-11,13H2,1-3H3,(H,24,25). The molecule has 0 spiro atoms. The van der Waals surface area contributed by atoms with E-state index in [9.17, 15) is 9.59 Å². The van der Waals surface area contributed by atoms with Crippen LogP contribution in [0.4, 0.5) is 5.69 Å². The normalized spacial score (nSPS) is 14.8. The van der Waals surface area contributed by atoms with Crippen molar-refractivity contribution in [2.45, 2.75) is 26.2 Å². The molecule has 1 aliphatic heterocycles. The van der Waals surface area contributed by atoms with E-state index in [2.05, 4.69) is 49.0 Å². The maximum absolute atomic E-state index is 12.6. The summed E-state index contributed by atoms with van der Waals surface area (Å²) in [6.07, 6.45) is 0. The molecule has 8 heteroatoms. The van der Waals surface area contributed by atoms with Crippen LogP contribution in [-0.2, 0) is 10.2 Å². The summed E-state index contributed by atoms with van der Waals surface area (Å²) in [4.78, 5) is 27.2. The fourth-order valence-electron chi connectivity index (χ4n) is 3.25. The second-order valence-corrected chi connectivity index (χ2v) is 7.76. The first-order valence-corrected chi connectivity index (χ1v) is 9.21. The predicted molar refractivity (Wildman–Crippen MR) is 103 cm³/mol. The van der Waals surface area contributed by atoms with Crippen molar-refractivity contribution in [3.8, 4) is 5.88 Å². The predicted octanol–water partition coefficient (Wildman–Crippen LogP) is 2.40. The van der Waals surface area contributed by atoms with Gasteiger partial charge in [0.1, 0.15) is 0 Å². The fourth-order valence-corrected chi connectivity index (χ4v) is 3.25. The molecule has 0 saturated carbocycles. The Hall–Kier alpha value is -3.03. The maximum atomic E-state index is 12.6. The number of para-hydroxylation sites is 1. The third-order valence-electron chi connectivity index (χ3n) is 4.66. The van der Waals surface area contributed by atoms with E-state index in [1.165, 1.54) is 17.3 Å². The number of amides is 1. The Kier molecular flexibility index (Phi) is 5.58. The van der Waals surface area contributed by atoms with Crippen molar-refractivity contribution in [3.05, 3.63) is 41.7 Å². The van der Waals surface area contributed by atoms with Gasteiger partial charge >= 0.3 is 5.97 Å². The van der Waals surface area contributed by atoms with Crippen molar-refractivity contribution in [1.82, 2.24) is 10.1 Å². The molecule has 3 rings (SSSR count). The number of hydrogen-bond donors (Lipinski definition) is 1. The van der Waals surface area contributed by atoms with Gasteiger partial charge in [0.15, 0.2) is 6.61 Å². The Balaban J connectivity index is 1.63. The molecule has 0 radical (unpaired) electrons. The van der Waals surface area contributed by atoms with Gasteiger partial charge in [0.05, 0.1) is 6.07 Å². The fraction of sp³-hybridized carbons (Fsp3) is 0.450. The molecule has 150 valence electrons. The van der Waals surface area contributed by atoms with Crippen molar-refractivity contribution in [2.75, 3.05) is 37.7 Å². The monoisotopic (exact) mass is 387 g/mol. The first-order chi connectivity index (χ1) is 13.3. The first-order valence-electron chi connectivity index (χ1n) is 9.21. The Labute approximate surface area is 163 Å². The van der Waals surface area contributed by atoms with Gasteiger partial charge in [0.2, 0.25) is 5.76 Å². The molecule has 1 saturated heterocycles. The highest BCUT2D eigenvalue weighted by molar-refractivity contribution is 5.91. The Bertz CT molecular complexity index is 848. The van der Waals surface area contributed by atoms with Crippen LogP contribution >= 0.6 is 0 Å². The van der Waals surface area contributed by atoms with Crippen LogP contribution in [0.3, 0.4) is 0 Å². The minimum absolute atomic E-state index is 0.0107. The van der Waals surface area contributed by atoms with Gasteiger partial charge < -0.3 is 24.2 Å². The summed E-state index contributed by atoms with van der Waals surface area (Å²) in [6.45, 7) is 8.60. The lowest BCUT2D eigenvalue weighted by atomic mass is 9.85. The minimum Gasteiger partial charge on any atom is -0.479 e. The van der Waals surface area contributed by atoms with Crippen LogP contribution in [0.2, 0.25) is 0 Å². The van der Waals surface area contributed by atoms with Crippen molar-refractivity contribution in [2.24, 2.45) is 0 Å². The second kappa shape index (κ2) is 7.92. The van der Waals surface area contributed by atoms with Gasteiger partial charge in [-0.15, -0.1) is 0 Å². The molecule has 1 fully saturated rings. The zero-order valence-electron chi connectivity index (χ0n) is 16.3. The number of carbonyl (C=O) groups excluding carboxylic acids is 1. The summed E-state index contributed by atoms with van der Waals surface area (Å²) in [5.74, 6) is -1.36. The molecule has 2 aromatic rings. The number of rotatable bonds is 5. The van der Waals surface area contributed by atoms with Crippen LogP contribution in [-0.4, -0.2) is 59.8 Å². The summed E-state index contributed by atoms with van der Waals surface area (Å²) in [5.41, 5.74) is 2.52. The van der Waals surface area contributed by atoms with Crippen LogP contribution in [0.5, 0.6) is 5.88 Å². The van der Waals surface area contributed by atoms with E-state index in [0.717, 1.165) is 13.1 Å². The number of carbonyl (C=O) groups is 2. The number of carboxylic acids is 1. The molecule has 1 N–H and O–H groups in total. The molecule has 1 aromatic heterocycles. The average molecular weight is 387 g/mol. The summed E-state index contributed by atoms with van der Waals surface area (Å²) in [7, 11) is 0. The van der Waals surface area contributed by atoms with E-state index in [1.807, 2.05) is 6.07 Å². The van der Waals surface area contributed by atoms with Crippen LogP contribution < -0.4 is 9.64 Å². The number of aliphatic carboxylic acids is 1. The maximum Gasteiger partial charge on any atom is 0.341 e. The van der Waals surface area contributed by atoms with Crippen LogP contribution in [0.15, 0.2) is 34.9 Å². The molecular formula is C20H25N3O5. The lowest BCUT2D eigenvalue weighted by Gasteiger charge is -2.38. The largest absolute Gasteiger partial charge is 0.479 e. The van der Waals surface area contributed by atoms with Crippen molar-refractivity contribution in [1.29, 1.82) is 0 Å². The van der Waals surface area contributed by atoms with E-state index in [-0.39, 0.29) is 23.0 Å². The topological polar surface area (TPSA) is 96.1 Å². The Morgan fingerprint density at radius 2 is 1.86 bits per heavy atom. The van der Waals surface area contributed by atoms with E-state index < -0.39 is 12.6 Å². The number of ether oxygens (including phenoxy) is 1. The summed E-state index contributed by atoms with van der Waals surface area (Å²) < 4.78 is 9.94. The number of nitrogens with zero attached hydrogens (tertiary/aromatic N) is 3. The SMILES string of the molecule is CC(C)(C)c1ccccc1N1CCN(C(=O)c2cc(OCC(=O)O)no2)CC1.